The van der Waals surface area contributed by atoms with Crippen LogP contribution in [-0.4, -0.2) is 27.4 Å². The van der Waals surface area contributed by atoms with E-state index in [4.69, 9.17) is 11.6 Å². The van der Waals surface area contributed by atoms with Gasteiger partial charge in [-0.2, -0.15) is 0 Å². The number of hydrogen-bond donors (Lipinski definition) is 2. The number of aliphatic hydroxyl groups is 1. The molecule has 0 saturated heterocycles. The average molecular weight is 216 g/mol. The van der Waals surface area contributed by atoms with Gasteiger partial charge in [0.1, 0.15) is 0 Å². The van der Waals surface area contributed by atoms with Gasteiger partial charge in [0.2, 0.25) is 0 Å². The van der Waals surface area contributed by atoms with Crippen LogP contribution in [0.3, 0.4) is 0 Å². The molecule has 0 atom stereocenters. The van der Waals surface area contributed by atoms with Gasteiger partial charge in [0.05, 0.1) is 5.60 Å². The molecule has 0 amide bonds. The van der Waals surface area contributed by atoms with Gasteiger partial charge >= 0.3 is 0 Å². The second-order valence-corrected chi connectivity index (χ2v) is 4.25. The van der Waals surface area contributed by atoms with Gasteiger partial charge < -0.3 is 10.4 Å². The fourth-order valence-corrected chi connectivity index (χ4v) is 1.13. The SMILES string of the molecule is Cc1cc(Cl)nnc1NCC(C)(C)O. The lowest BCUT2D eigenvalue weighted by atomic mass is 10.1. The van der Waals surface area contributed by atoms with E-state index in [1.165, 1.54) is 0 Å². The number of aryl methyl sites for hydroxylation is 1. The number of anilines is 1. The van der Waals surface area contributed by atoms with E-state index in [0.29, 0.717) is 17.5 Å². The first-order valence-electron chi connectivity index (χ1n) is 4.34. The zero-order valence-corrected chi connectivity index (χ0v) is 9.26. The number of rotatable bonds is 3. The molecular weight excluding hydrogens is 202 g/mol. The van der Waals surface area contributed by atoms with Gasteiger partial charge in [-0.15, -0.1) is 10.2 Å². The smallest absolute Gasteiger partial charge is 0.152 e. The van der Waals surface area contributed by atoms with Crippen molar-refractivity contribution in [2.24, 2.45) is 0 Å². The minimum absolute atomic E-state index is 0.372. The van der Waals surface area contributed by atoms with E-state index < -0.39 is 5.60 Å². The fraction of sp³-hybridized carbons (Fsp3) is 0.556. The average Bonchev–Trinajstić information content (AvgIpc) is 2.00. The zero-order chi connectivity index (χ0) is 10.8. The topological polar surface area (TPSA) is 58.0 Å². The molecule has 1 aromatic rings. The lowest BCUT2D eigenvalue weighted by Crippen LogP contribution is -2.29. The van der Waals surface area contributed by atoms with E-state index in [-0.39, 0.29) is 0 Å². The predicted molar refractivity (Wildman–Crippen MR) is 56.6 cm³/mol. The third kappa shape index (κ3) is 3.47. The second-order valence-electron chi connectivity index (χ2n) is 3.86. The molecule has 0 aromatic carbocycles. The Morgan fingerprint density at radius 2 is 2.14 bits per heavy atom. The van der Waals surface area contributed by atoms with Crippen molar-refractivity contribution < 1.29 is 5.11 Å². The van der Waals surface area contributed by atoms with E-state index in [1.807, 2.05) is 6.92 Å². The highest BCUT2D eigenvalue weighted by Crippen LogP contribution is 2.14. The molecule has 5 heteroatoms. The highest BCUT2D eigenvalue weighted by atomic mass is 35.5. The third-order valence-corrected chi connectivity index (χ3v) is 1.83. The third-order valence-electron chi connectivity index (χ3n) is 1.64. The van der Waals surface area contributed by atoms with E-state index >= 15 is 0 Å². The van der Waals surface area contributed by atoms with E-state index in [2.05, 4.69) is 15.5 Å². The maximum atomic E-state index is 9.49. The Labute approximate surface area is 88.3 Å². The van der Waals surface area contributed by atoms with Crippen LogP contribution in [0.5, 0.6) is 0 Å². The maximum absolute atomic E-state index is 9.49. The van der Waals surface area contributed by atoms with Crippen molar-refractivity contribution in [3.8, 4) is 0 Å². The van der Waals surface area contributed by atoms with Crippen molar-refractivity contribution in [3.63, 3.8) is 0 Å². The summed E-state index contributed by atoms with van der Waals surface area (Å²) >= 11 is 5.66. The first-order chi connectivity index (χ1) is 6.38. The Hall–Kier alpha value is -0.870. The van der Waals surface area contributed by atoms with Gasteiger partial charge in [-0.25, -0.2) is 0 Å². The number of aromatic nitrogens is 2. The van der Waals surface area contributed by atoms with Crippen LogP contribution in [0.1, 0.15) is 19.4 Å². The molecule has 0 radical (unpaired) electrons. The Kier molecular flexibility index (Phi) is 3.29. The monoisotopic (exact) mass is 215 g/mol. The van der Waals surface area contributed by atoms with Crippen molar-refractivity contribution in [1.29, 1.82) is 0 Å². The van der Waals surface area contributed by atoms with Crippen molar-refractivity contribution >= 4 is 17.4 Å². The highest BCUT2D eigenvalue weighted by Gasteiger charge is 2.12. The summed E-state index contributed by atoms with van der Waals surface area (Å²) in [6.45, 7) is 5.74. The van der Waals surface area contributed by atoms with Gasteiger partial charge in [-0.3, -0.25) is 0 Å². The molecule has 2 N–H and O–H groups in total. The summed E-state index contributed by atoms with van der Waals surface area (Å²) < 4.78 is 0. The number of halogens is 1. The molecule has 14 heavy (non-hydrogen) atoms. The summed E-state index contributed by atoms with van der Waals surface area (Å²) in [5.74, 6) is 0.650. The minimum atomic E-state index is -0.770. The van der Waals surface area contributed by atoms with E-state index in [1.54, 1.807) is 19.9 Å². The van der Waals surface area contributed by atoms with Crippen molar-refractivity contribution in [3.05, 3.63) is 16.8 Å². The van der Waals surface area contributed by atoms with Gasteiger partial charge in [0.15, 0.2) is 11.0 Å². The van der Waals surface area contributed by atoms with Gasteiger partial charge in [0.25, 0.3) is 0 Å². The van der Waals surface area contributed by atoms with Crippen molar-refractivity contribution in [2.75, 3.05) is 11.9 Å². The van der Waals surface area contributed by atoms with Crippen LogP contribution in [0.2, 0.25) is 5.15 Å². The Morgan fingerprint density at radius 1 is 1.50 bits per heavy atom. The summed E-state index contributed by atoms with van der Waals surface area (Å²) in [6.07, 6.45) is 0. The van der Waals surface area contributed by atoms with Gasteiger partial charge in [0, 0.05) is 6.54 Å². The molecule has 1 heterocycles. The van der Waals surface area contributed by atoms with E-state index in [9.17, 15) is 5.11 Å². The molecule has 0 saturated carbocycles. The summed E-state index contributed by atoms with van der Waals surface area (Å²) in [5.41, 5.74) is 0.141. The Morgan fingerprint density at radius 3 is 2.64 bits per heavy atom. The standard InChI is InChI=1S/C9H14ClN3O/c1-6-4-7(10)12-13-8(6)11-5-9(2,3)14/h4,14H,5H2,1-3H3,(H,11,13). The molecule has 0 aliphatic carbocycles. The normalized spacial score (nSPS) is 11.5. The Balaban J connectivity index is 2.68. The van der Waals surface area contributed by atoms with Gasteiger partial charge in [-0.05, 0) is 32.4 Å². The lowest BCUT2D eigenvalue weighted by Gasteiger charge is -2.18. The summed E-state index contributed by atoms with van der Waals surface area (Å²) in [7, 11) is 0. The number of hydrogen-bond acceptors (Lipinski definition) is 4. The summed E-state index contributed by atoms with van der Waals surface area (Å²) in [5, 5.41) is 20.4. The fourth-order valence-electron chi connectivity index (χ4n) is 0.927. The molecule has 1 aromatic heterocycles. The van der Waals surface area contributed by atoms with E-state index in [0.717, 1.165) is 5.56 Å². The highest BCUT2D eigenvalue weighted by molar-refractivity contribution is 6.29. The number of nitrogens with one attached hydrogen (secondary N) is 1. The molecule has 0 unspecified atom stereocenters. The van der Waals surface area contributed by atoms with Crippen molar-refractivity contribution in [2.45, 2.75) is 26.4 Å². The van der Waals surface area contributed by atoms with Crippen LogP contribution < -0.4 is 5.32 Å². The van der Waals surface area contributed by atoms with Crippen LogP contribution in [0, 0.1) is 6.92 Å². The molecule has 1 rings (SSSR count). The largest absolute Gasteiger partial charge is 0.389 e. The maximum Gasteiger partial charge on any atom is 0.152 e. The quantitative estimate of drug-likeness (QED) is 0.805. The van der Waals surface area contributed by atoms with Crippen LogP contribution in [0.15, 0.2) is 6.07 Å². The molecule has 0 aliphatic heterocycles. The molecule has 0 spiro atoms. The Bertz CT molecular complexity index is 322. The molecule has 4 nitrogen and oxygen atoms in total. The number of nitrogens with zero attached hydrogens (tertiary/aromatic N) is 2. The first kappa shape index (κ1) is 11.2. The molecule has 0 aliphatic rings. The summed E-state index contributed by atoms with van der Waals surface area (Å²) in [6, 6.07) is 1.72. The minimum Gasteiger partial charge on any atom is -0.389 e. The van der Waals surface area contributed by atoms with Crippen LogP contribution in [0.4, 0.5) is 5.82 Å². The van der Waals surface area contributed by atoms with Crippen LogP contribution >= 0.6 is 11.6 Å². The molecule has 78 valence electrons. The first-order valence-corrected chi connectivity index (χ1v) is 4.72. The molecule has 0 bridgehead atoms. The molecular formula is C9H14ClN3O. The predicted octanol–water partition coefficient (Wildman–Crippen LogP) is 1.62. The second kappa shape index (κ2) is 4.11. The van der Waals surface area contributed by atoms with Crippen molar-refractivity contribution in [1.82, 2.24) is 10.2 Å². The van der Waals surface area contributed by atoms with Crippen LogP contribution in [0.25, 0.3) is 0 Å². The van der Waals surface area contributed by atoms with Crippen LogP contribution in [-0.2, 0) is 0 Å². The van der Waals surface area contributed by atoms with Gasteiger partial charge in [-0.1, -0.05) is 11.6 Å². The molecule has 0 fully saturated rings. The lowest BCUT2D eigenvalue weighted by molar-refractivity contribution is 0.0944. The summed E-state index contributed by atoms with van der Waals surface area (Å²) in [4.78, 5) is 0. The zero-order valence-electron chi connectivity index (χ0n) is 8.50.